The van der Waals surface area contributed by atoms with Crippen molar-refractivity contribution in [1.29, 1.82) is 0 Å². The van der Waals surface area contributed by atoms with Gasteiger partial charge in [-0.1, -0.05) is 82.0 Å². The first kappa shape index (κ1) is 38.1. The number of ether oxygens (including phenoxy) is 3. The fourth-order valence-corrected chi connectivity index (χ4v) is 9.11. The van der Waals surface area contributed by atoms with Crippen molar-refractivity contribution in [2.24, 2.45) is 5.41 Å². The quantitative estimate of drug-likeness (QED) is 0.130. The summed E-state index contributed by atoms with van der Waals surface area (Å²) >= 11 is 2.25. The van der Waals surface area contributed by atoms with Crippen LogP contribution in [0.4, 0.5) is 0 Å². The molecule has 4 fully saturated rings. The highest BCUT2D eigenvalue weighted by atomic mass is 127. The van der Waals surface area contributed by atoms with E-state index >= 15 is 4.79 Å². The summed E-state index contributed by atoms with van der Waals surface area (Å²) in [6.45, 7) is 4.40. The summed E-state index contributed by atoms with van der Waals surface area (Å²) in [5, 5.41) is 13.9. The fourth-order valence-electron chi connectivity index (χ4n) is 8.50. The largest absolute Gasteiger partial charge is 0.458 e. The number of fused-ring (bicyclic) bond motifs is 4. The molecule has 0 aromatic heterocycles. The third-order valence-electron chi connectivity index (χ3n) is 11.0. The number of hydroxylamine groups is 2. The normalized spacial score (nSPS) is 28.2. The zero-order valence-corrected chi connectivity index (χ0v) is 32.1. The van der Waals surface area contributed by atoms with Crippen LogP contribution < -0.4 is 5.32 Å². The molecular weight excluding hydrogens is 765 g/mol. The summed E-state index contributed by atoms with van der Waals surface area (Å²) in [6.07, 6.45) is 5.02. The molecule has 3 heterocycles. The van der Waals surface area contributed by atoms with Gasteiger partial charge in [-0.05, 0) is 58.7 Å². The van der Waals surface area contributed by atoms with E-state index in [1.807, 2.05) is 54.6 Å². The maximum absolute atomic E-state index is 15.4. The van der Waals surface area contributed by atoms with Gasteiger partial charge in [-0.2, -0.15) is 5.06 Å². The number of halogens is 1. The number of aliphatic hydroxyl groups excluding tert-OH is 1. The van der Waals surface area contributed by atoms with Crippen molar-refractivity contribution in [3.05, 3.63) is 69.3 Å². The summed E-state index contributed by atoms with van der Waals surface area (Å²) in [4.78, 5) is 51.6. The van der Waals surface area contributed by atoms with Gasteiger partial charge < -0.3 is 29.5 Å². The van der Waals surface area contributed by atoms with E-state index < -0.39 is 53.7 Å². The smallest absolute Gasteiger partial charge is 0.327 e. The lowest BCUT2D eigenvalue weighted by atomic mass is 9.62. The number of hydrogen-bond donors (Lipinski definition) is 2. The molecule has 51 heavy (non-hydrogen) atoms. The Morgan fingerprint density at radius 3 is 2.35 bits per heavy atom. The highest BCUT2D eigenvalue weighted by Crippen LogP contribution is 2.58. The molecule has 6 rings (SSSR count). The minimum absolute atomic E-state index is 0.0524. The molecule has 1 saturated carbocycles. The summed E-state index contributed by atoms with van der Waals surface area (Å²) in [7, 11) is 1.62. The van der Waals surface area contributed by atoms with Crippen molar-refractivity contribution in [3.8, 4) is 0 Å². The molecule has 3 saturated heterocycles. The summed E-state index contributed by atoms with van der Waals surface area (Å²) in [6, 6.07) is 15.5. The molecule has 7 unspecified atom stereocenters. The number of carbonyl (C=O) groups excluding carboxylic acids is 3. The molecular formula is C39H52IN3O8. The standard InChI is InChI=1S/C39H52IN3O8/c1-4-6-11-18-38(19-12-7-5-2)49-31-30-24-39(37(47)42(3)29(35(45)41-20-21-44)23-26-14-9-8-10-15-26)33(36(46)48-30)43(51-34(39)32(31)50-38)25-27-16-13-17-28(40)22-27/h8-10,13-17,22,29-34,44H,4-7,11-12,18-21,23-25H2,1-3H3,(H,41,45). The van der Waals surface area contributed by atoms with E-state index in [0.29, 0.717) is 12.8 Å². The van der Waals surface area contributed by atoms with Crippen LogP contribution in [0.25, 0.3) is 0 Å². The monoisotopic (exact) mass is 817 g/mol. The lowest BCUT2D eigenvalue weighted by molar-refractivity contribution is -0.225. The first-order valence-corrected chi connectivity index (χ1v) is 19.7. The molecule has 2 N–H and O–H groups in total. The maximum Gasteiger partial charge on any atom is 0.327 e. The second kappa shape index (κ2) is 16.6. The Bertz CT molecular complexity index is 1520. The van der Waals surface area contributed by atoms with E-state index in [1.165, 1.54) is 4.90 Å². The van der Waals surface area contributed by atoms with Crippen molar-refractivity contribution >= 4 is 40.4 Å². The number of hydrogen-bond acceptors (Lipinski definition) is 9. The van der Waals surface area contributed by atoms with Crippen LogP contribution in [0.15, 0.2) is 54.6 Å². The fraction of sp³-hybridized carbons (Fsp3) is 0.615. The molecule has 278 valence electrons. The van der Waals surface area contributed by atoms with Gasteiger partial charge in [-0.25, -0.2) is 0 Å². The topological polar surface area (TPSA) is 127 Å². The predicted molar refractivity (Wildman–Crippen MR) is 198 cm³/mol. The molecule has 4 aliphatic rings. The van der Waals surface area contributed by atoms with Crippen LogP contribution in [0, 0.1) is 8.99 Å². The van der Waals surface area contributed by atoms with E-state index in [9.17, 15) is 14.7 Å². The number of carbonyl (C=O) groups is 3. The van der Waals surface area contributed by atoms with Crippen molar-refractivity contribution < 1.29 is 38.5 Å². The summed E-state index contributed by atoms with van der Waals surface area (Å²) < 4.78 is 21.2. The lowest BCUT2D eigenvalue weighted by Gasteiger charge is -2.50. The lowest BCUT2D eigenvalue weighted by Crippen LogP contribution is -2.70. The van der Waals surface area contributed by atoms with Gasteiger partial charge >= 0.3 is 5.97 Å². The molecule has 2 bridgehead atoms. The number of rotatable bonds is 17. The van der Waals surface area contributed by atoms with Crippen LogP contribution in [0.5, 0.6) is 0 Å². The van der Waals surface area contributed by atoms with Gasteiger partial charge in [0.2, 0.25) is 11.8 Å². The second-order valence-corrected chi connectivity index (χ2v) is 15.7. The Labute approximate surface area is 314 Å². The van der Waals surface area contributed by atoms with Gasteiger partial charge in [0, 0.05) is 42.8 Å². The molecule has 0 spiro atoms. The van der Waals surface area contributed by atoms with Crippen molar-refractivity contribution in [3.63, 3.8) is 0 Å². The molecule has 0 radical (unpaired) electrons. The van der Waals surface area contributed by atoms with Crippen LogP contribution in [-0.2, 0) is 46.4 Å². The molecule has 3 aliphatic heterocycles. The summed E-state index contributed by atoms with van der Waals surface area (Å²) in [5.74, 6) is -2.18. The SMILES string of the molecule is CCCCCC1(CCCCC)OC2C3CC4(C(=O)N(C)C(Cc5ccccc5)C(=O)NCCO)C(ON(Cc5cccc(I)c5)C4C(=O)O3)C2O1. The van der Waals surface area contributed by atoms with Gasteiger partial charge in [0.05, 0.1) is 13.2 Å². The molecule has 2 amide bonds. The Morgan fingerprint density at radius 2 is 1.69 bits per heavy atom. The van der Waals surface area contributed by atoms with E-state index in [2.05, 4.69) is 41.8 Å². The number of unbranched alkanes of at least 4 members (excludes halogenated alkanes) is 4. The number of esters is 1. The van der Waals surface area contributed by atoms with Crippen LogP contribution in [0.1, 0.15) is 82.8 Å². The van der Waals surface area contributed by atoms with Crippen LogP contribution in [-0.4, -0.2) is 95.3 Å². The minimum Gasteiger partial charge on any atom is -0.458 e. The number of nitrogens with zero attached hydrogens (tertiary/aromatic N) is 2. The van der Waals surface area contributed by atoms with E-state index in [0.717, 1.165) is 53.2 Å². The van der Waals surface area contributed by atoms with E-state index in [1.54, 1.807) is 12.1 Å². The average Bonchev–Trinajstić information content (AvgIpc) is 3.68. The number of nitrogens with one attached hydrogen (secondary N) is 1. The van der Waals surface area contributed by atoms with Crippen LogP contribution >= 0.6 is 22.6 Å². The zero-order valence-electron chi connectivity index (χ0n) is 29.9. The zero-order chi connectivity index (χ0) is 36.2. The molecule has 2 aromatic carbocycles. The summed E-state index contributed by atoms with van der Waals surface area (Å²) in [5.41, 5.74) is 0.390. The maximum atomic E-state index is 15.4. The number of benzene rings is 2. The average molecular weight is 818 g/mol. The molecule has 2 aromatic rings. The van der Waals surface area contributed by atoms with Crippen LogP contribution in [0.2, 0.25) is 0 Å². The Hall–Kier alpha value is -2.62. The molecule has 7 atom stereocenters. The van der Waals surface area contributed by atoms with Gasteiger partial charge in [0.25, 0.3) is 0 Å². The van der Waals surface area contributed by atoms with E-state index in [-0.39, 0.29) is 44.4 Å². The number of aliphatic hydroxyl groups is 1. The van der Waals surface area contributed by atoms with Crippen molar-refractivity contribution in [2.45, 2.75) is 127 Å². The third-order valence-corrected chi connectivity index (χ3v) is 11.6. The van der Waals surface area contributed by atoms with Gasteiger partial charge in [0.15, 0.2) is 11.8 Å². The molecule has 11 nitrogen and oxygen atoms in total. The van der Waals surface area contributed by atoms with Gasteiger partial charge in [-0.3, -0.25) is 19.2 Å². The van der Waals surface area contributed by atoms with Crippen molar-refractivity contribution in [1.82, 2.24) is 15.3 Å². The Balaban J connectivity index is 1.40. The predicted octanol–water partition coefficient (Wildman–Crippen LogP) is 4.91. The van der Waals surface area contributed by atoms with Crippen LogP contribution in [0.3, 0.4) is 0 Å². The first-order chi connectivity index (χ1) is 24.7. The Kier molecular flexibility index (Phi) is 12.4. The number of likely N-dealkylation sites (N-methyl/N-ethyl adjacent to an activating group) is 1. The Morgan fingerprint density at radius 1 is 1.00 bits per heavy atom. The highest BCUT2D eigenvalue weighted by molar-refractivity contribution is 14.1. The van der Waals surface area contributed by atoms with Crippen molar-refractivity contribution in [2.75, 3.05) is 20.2 Å². The molecule has 1 aliphatic carbocycles. The minimum atomic E-state index is -1.41. The van der Waals surface area contributed by atoms with Gasteiger partial charge in [0.1, 0.15) is 35.9 Å². The second-order valence-electron chi connectivity index (χ2n) is 14.5. The number of amides is 2. The first-order valence-electron chi connectivity index (χ1n) is 18.6. The molecule has 12 heteroatoms. The van der Waals surface area contributed by atoms with Gasteiger partial charge in [-0.15, -0.1) is 0 Å². The van der Waals surface area contributed by atoms with E-state index in [4.69, 9.17) is 19.0 Å². The highest BCUT2D eigenvalue weighted by Gasteiger charge is 2.76. The third kappa shape index (κ3) is 7.73.